The maximum Gasteiger partial charge on any atom is 1.00 e. The number of allylic oxidation sites excluding steroid dienone is 7. The van der Waals surface area contributed by atoms with Gasteiger partial charge in [-0.15, -0.1) is 0 Å². The first-order valence-electron chi connectivity index (χ1n) is 11.6. The molecule has 198 valence electrons. The Morgan fingerprint density at radius 3 is 2.10 bits per heavy atom. The molecule has 2 aromatic rings. The summed E-state index contributed by atoms with van der Waals surface area (Å²) in [7, 11) is 0.642. The summed E-state index contributed by atoms with van der Waals surface area (Å²) in [6.07, 6.45) is 11.7. The second-order valence-electron chi connectivity index (χ2n) is 8.86. The van der Waals surface area contributed by atoms with E-state index in [0.29, 0.717) is 5.56 Å². The van der Waals surface area contributed by atoms with E-state index in [1.807, 2.05) is 32.3 Å². The van der Waals surface area contributed by atoms with Gasteiger partial charge in [0.2, 0.25) is 0 Å². The van der Waals surface area contributed by atoms with Crippen LogP contribution in [0, 0.1) is 6.92 Å². The first-order valence-corrected chi connectivity index (χ1v) is 13.0. The fraction of sp³-hybridized carbons (Fsp3) is 0.231. The second kappa shape index (κ2) is 11.4. The van der Waals surface area contributed by atoms with Crippen LogP contribution in [0.4, 0.5) is 0 Å². The van der Waals surface area contributed by atoms with Crippen molar-refractivity contribution in [3.8, 4) is 5.82 Å². The van der Waals surface area contributed by atoms with Crippen molar-refractivity contribution >= 4 is 22.1 Å². The number of hydrogen-bond donors (Lipinski definition) is 0. The van der Waals surface area contributed by atoms with E-state index in [9.17, 15) is 22.6 Å². The summed E-state index contributed by atoms with van der Waals surface area (Å²) in [5, 5.41) is 5.46. The Balaban J connectivity index is 0.00000420. The van der Waals surface area contributed by atoms with Crippen molar-refractivity contribution in [1.82, 2.24) is 24.4 Å². The summed E-state index contributed by atoms with van der Waals surface area (Å²) in [5.74, 6) is 0.462. The van der Waals surface area contributed by atoms with Crippen LogP contribution in [0.2, 0.25) is 0 Å². The van der Waals surface area contributed by atoms with Gasteiger partial charge in [0.1, 0.15) is 21.8 Å². The molecule has 0 spiro atoms. The normalized spacial score (nSPS) is 16.1. The molecule has 2 aliphatic heterocycles. The molecule has 0 fully saturated rings. The van der Waals surface area contributed by atoms with E-state index in [4.69, 9.17) is 0 Å². The molecule has 1 amide bonds. The molecule has 0 atom stereocenters. The number of pyridine rings is 2. The monoisotopic (exact) mass is 558 g/mol. The Labute approximate surface area is 248 Å². The molecule has 4 rings (SSSR count). The molecule has 4 heterocycles. The number of nitrogens with zero attached hydrogens (tertiary/aromatic N) is 6. The Morgan fingerprint density at radius 1 is 0.923 bits per heavy atom. The van der Waals surface area contributed by atoms with Crippen LogP contribution in [0.1, 0.15) is 29.8 Å². The maximum absolute atomic E-state index is 13.5. The average Bonchev–Trinajstić information content (AvgIpc) is 3.25. The fourth-order valence-electron chi connectivity index (χ4n) is 4.28. The Morgan fingerprint density at radius 2 is 1.51 bits per heavy atom. The summed E-state index contributed by atoms with van der Waals surface area (Å²) in [6.45, 7) is 5.75. The Kier molecular flexibility index (Phi) is 8.88. The van der Waals surface area contributed by atoms with Gasteiger partial charge in [0.25, 0.3) is 11.5 Å². The number of aromatic nitrogens is 2. The quantitative estimate of drug-likeness (QED) is 0.233. The molecular formula is C26H27N6NaO5S. The molecule has 0 unspecified atom stereocenters. The van der Waals surface area contributed by atoms with E-state index in [-0.39, 0.29) is 51.6 Å². The van der Waals surface area contributed by atoms with Crippen LogP contribution in [0.3, 0.4) is 0 Å². The molecule has 0 radical (unpaired) electrons. The van der Waals surface area contributed by atoms with Gasteiger partial charge in [0, 0.05) is 44.0 Å². The number of fused-ring (bicyclic) bond motifs is 1. The largest absolute Gasteiger partial charge is 1.00 e. The van der Waals surface area contributed by atoms with Crippen molar-refractivity contribution in [2.24, 2.45) is 5.10 Å². The van der Waals surface area contributed by atoms with Crippen molar-refractivity contribution in [2.45, 2.75) is 25.7 Å². The van der Waals surface area contributed by atoms with E-state index < -0.39 is 26.5 Å². The van der Waals surface area contributed by atoms with Crippen molar-refractivity contribution in [2.75, 3.05) is 21.1 Å². The third-order valence-corrected chi connectivity index (χ3v) is 7.53. The standard InChI is InChI=1S/C26H28N6O5S.Na/c1-16-20(11-9-7-8-10-12-22-29(4)17(2)18(3)30(22)5)25(33)32(24-23(16)26(34)31(6)28-24)21-15-19(13-14-27-21)38(35,36)37;/h7-15H,1-6H3,(H,35,36,37);/q;+1/p-1/b9-7+,10-8+,20-11-;. The van der Waals surface area contributed by atoms with E-state index >= 15 is 0 Å². The smallest absolute Gasteiger partial charge is 0.744 e. The molecule has 0 saturated heterocycles. The molecule has 0 bridgehead atoms. The number of amides is 1. The number of carbonyl (C=O) groups is 1. The number of carbonyl (C=O) groups excluding carboxylic acids is 1. The first kappa shape index (κ1) is 30.3. The van der Waals surface area contributed by atoms with Gasteiger partial charge in [-0.1, -0.05) is 24.3 Å². The zero-order valence-electron chi connectivity index (χ0n) is 22.8. The van der Waals surface area contributed by atoms with Crippen LogP contribution >= 0.6 is 0 Å². The van der Waals surface area contributed by atoms with Crippen molar-refractivity contribution < 1.29 is 47.3 Å². The van der Waals surface area contributed by atoms with Gasteiger partial charge in [-0.2, -0.15) is 5.10 Å². The third-order valence-electron chi connectivity index (χ3n) is 6.69. The predicted octanol–water partition coefficient (Wildman–Crippen LogP) is -2.07. The minimum absolute atomic E-state index is 0. The zero-order valence-corrected chi connectivity index (χ0v) is 25.6. The van der Waals surface area contributed by atoms with Crippen LogP contribution in [0.5, 0.6) is 0 Å². The molecule has 2 aromatic heterocycles. The SMILES string of the molecule is CC1=C(C)N(C)C(=C/C=C/C=C/C=c2/c(C)c3c(n(-c4cc(S(=O)(=O)[O-])ccn4)c2=O)=NN(C)C3=O)N1C.[Na+]. The third kappa shape index (κ3) is 5.56. The van der Waals surface area contributed by atoms with Crippen LogP contribution in [0.25, 0.3) is 11.9 Å². The minimum Gasteiger partial charge on any atom is -0.744 e. The fourth-order valence-corrected chi connectivity index (χ4v) is 4.75. The molecular weight excluding hydrogens is 531 g/mol. The Bertz CT molecular complexity index is 1750. The summed E-state index contributed by atoms with van der Waals surface area (Å²) in [5.41, 5.74) is 2.40. The van der Waals surface area contributed by atoms with E-state index in [0.717, 1.165) is 33.7 Å². The Hall–Kier alpha value is -3.29. The van der Waals surface area contributed by atoms with Gasteiger partial charge < -0.3 is 14.4 Å². The van der Waals surface area contributed by atoms with E-state index in [1.165, 1.54) is 18.4 Å². The molecule has 39 heavy (non-hydrogen) atoms. The van der Waals surface area contributed by atoms with Crippen molar-refractivity contribution in [3.63, 3.8) is 0 Å². The van der Waals surface area contributed by atoms with Crippen molar-refractivity contribution in [1.29, 1.82) is 0 Å². The van der Waals surface area contributed by atoms with Gasteiger partial charge in [0.15, 0.2) is 5.49 Å². The molecule has 0 N–H and O–H groups in total. The van der Waals surface area contributed by atoms with Crippen LogP contribution in [-0.4, -0.2) is 64.4 Å². The molecule has 0 saturated carbocycles. The van der Waals surface area contributed by atoms with Gasteiger partial charge >= 0.3 is 29.6 Å². The number of rotatable bonds is 5. The molecule has 2 aliphatic rings. The summed E-state index contributed by atoms with van der Waals surface area (Å²) in [4.78, 5) is 34.1. The summed E-state index contributed by atoms with van der Waals surface area (Å²) in [6, 6.07) is 2.03. The molecule has 0 aliphatic carbocycles. The molecule has 13 heteroatoms. The minimum atomic E-state index is -4.80. The van der Waals surface area contributed by atoms with Gasteiger partial charge in [-0.25, -0.2) is 23.0 Å². The summed E-state index contributed by atoms with van der Waals surface area (Å²) >= 11 is 0. The first-order chi connectivity index (χ1) is 17.8. The molecule has 11 nitrogen and oxygen atoms in total. The zero-order chi connectivity index (χ0) is 27.9. The van der Waals surface area contributed by atoms with Crippen LogP contribution in [-0.2, 0) is 10.1 Å². The van der Waals surface area contributed by atoms with Gasteiger partial charge in [0.05, 0.1) is 10.5 Å². The summed E-state index contributed by atoms with van der Waals surface area (Å²) < 4.78 is 35.7. The number of hydrogen-bond acceptors (Lipinski definition) is 9. The van der Waals surface area contributed by atoms with Gasteiger partial charge in [-0.3, -0.25) is 9.59 Å². The van der Waals surface area contributed by atoms with Crippen molar-refractivity contribution in [3.05, 3.63) is 98.1 Å². The average molecular weight is 559 g/mol. The molecule has 0 aromatic carbocycles. The van der Waals surface area contributed by atoms with E-state index in [2.05, 4.69) is 33.7 Å². The maximum atomic E-state index is 13.5. The second-order valence-corrected chi connectivity index (χ2v) is 10.2. The van der Waals surface area contributed by atoms with Crippen LogP contribution in [0.15, 0.2) is 80.7 Å². The van der Waals surface area contributed by atoms with Gasteiger partial charge in [-0.05, 0) is 50.6 Å². The predicted molar refractivity (Wildman–Crippen MR) is 140 cm³/mol. The van der Waals surface area contributed by atoms with E-state index in [1.54, 1.807) is 25.2 Å². The van der Waals surface area contributed by atoms with Crippen LogP contribution < -0.4 is 45.8 Å². The topological polar surface area (TPSA) is 131 Å².